The zero-order valence-electron chi connectivity index (χ0n) is 6.56. The molecule has 0 aliphatic heterocycles. The Hall–Kier alpha value is -0.720. The summed E-state index contributed by atoms with van der Waals surface area (Å²) in [6.45, 7) is 7.79. The average Bonchev–Trinajstić information content (AvgIpc) is 1.87. The zero-order valence-corrected chi connectivity index (χ0v) is 6.56. The normalized spacial score (nSPS) is 13.8. The summed E-state index contributed by atoms with van der Waals surface area (Å²) in [7, 11) is 0. The van der Waals surface area contributed by atoms with E-state index in [9.17, 15) is 0 Å². The summed E-state index contributed by atoms with van der Waals surface area (Å²) in [5, 5.41) is 0. The van der Waals surface area contributed by atoms with Gasteiger partial charge in [-0.15, -0.1) is 0 Å². The molecule has 0 aromatic rings. The van der Waals surface area contributed by atoms with Crippen LogP contribution in [0, 0.1) is 0 Å². The smallest absolute Gasteiger partial charge is 0.0962 e. The van der Waals surface area contributed by atoms with E-state index < -0.39 is 0 Å². The Bertz CT molecular complexity index is 116. The summed E-state index contributed by atoms with van der Waals surface area (Å²) in [4.78, 5) is 0. The van der Waals surface area contributed by atoms with Crippen LogP contribution >= 0.6 is 0 Å². The minimum atomic E-state index is 0.950. The third-order valence-electron chi connectivity index (χ3n) is 1.14. The van der Waals surface area contributed by atoms with Crippen molar-refractivity contribution in [3.63, 3.8) is 0 Å². The van der Waals surface area contributed by atoms with Crippen LogP contribution < -0.4 is 0 Å². The first-order valence-corrected chi connectivity index (χ1v) is 3.14. The number of allylic oxidation sites excluding steroid dienone is 4. The van der Waals surface area contributed by atoms with Crippen LogP contribution in [0.5, 0.6) is 0 Å². The van der Waals surface area contributed by atoms with E-state index in [1.807, 2.05) is 39.8 Å². The molecule has 0 saturated carbocycles. The van der Waals surface area contributed by atoms with Crippen molar-refractivity contribution in [3.8, 4) is 0 Å². The summed E-state index contributed by atoms with van der Waals surface area (Å²) in [6, 6.07) is 0. The molecule has 0 N–H and O–H groups in total. The van der Waals surface area contributed by atoms with Gasteiger partial charge in [0, 0.05) is 0 Å². The molecular weight excluding hydrogens is 112 g/mol. The van der Waals surface area contributed by atoms with E-state index in [0.717, 1.165) is 11.5 Å². The molecule has 0 unspecified atom stereocenters. The van der Waals surface area contributed by atoms with Gasteiger partial charge in [0.1, 0.15) is 0 Å². The van der Waals surface area contributed by atoms with Gasteiger partial charge in [0.2, 0.25) is 0 Å². The SMILES string of the molecule is C/C=C(/C)O/C(C)=C\C. The molecule has 0 amide bonds. The van der Waals surface area contributed by atoms with Crippen LogP contribution in [0.25, 0.3) is 0 Å². The molecule has 0 bridgehead atoms. The summed E-state index contributed by atoms with van der Waals surface area (Å²) in [5.74, 6) is 1.90. The van der Waals surface area contributed by atoms with Crippen molar-refractivity contribution in [1.29, 1.82) is 0 Å². The lowest BCUT2D eigenvalue weighted by Crippen LogP contribution is -1.83. The van der Waals surface area contributed by atoms with Gasteiger partial charge in [0.15, 0.2) is 0 Å². The van der Waals surface area contributed by atoms with Crippen LogP contribution in [0.15, 0.2) is 23.7 Å². The molecule has 0 saturated heterocycles. The van der Waals surface area contributed by atoms with E-state index in [1.165, 1.54) is 0 Å². The molecule has 1 heteroatoms. The number of rotatable bonds is 2. The minimum absolute atomic E-state index is 0.950. The highest BCUT2D eigenvalue weighted by molar-refractivity contribution is 4.94. The first-order chi connectivity index (χ1) is 4.20. The Morgan fingerprint density at radius 1 is 1.00 bits per heavy atom. The highest BCUT2D eigenvalue weighted by Crippen LogP contribution is 2.03. The first kappa shape index (κ1) is 8.28. The van der Waals surface area contributed by atoms with Crippen LogP contribution in [0.4, 0.5) is 0 Å². The molecule has 52 valence electrons. The molecule has 0 aliphatic rings. The Labute approximate surface area is 57.0 Å². The maximum atomic E-state index is 5.27. The fourth-order valence-electron chi connectivity index (χ4n) is 0.372. The third kappa shape index (κ3) is 3.83. The predicted octanol–water partition coefficient (Wildman–Crippen LogP) is 2.85. The molecule has 9 heavy (non-hydrogen) atoms. The second kappa shape index (κ2) is 4.19. The first-order valence-electron chi connectivity index (χ1n) is 3.14. The van der Waals surface area contributed by atoms with Gasteiger partial charge in [-0.25, -0.2) is 0 Å². The summed E-state index contributed by atoms with van der Waals surface area (Å²) < 4.78 is 5.27. The van der Waals surface area contributed by atoms with Crippen LogP contribution in [0.1, 0.15) is 27.7 Å². The quantitative estimate of drug-likeness (QED) is 0.517. The van der Waals surface area contributed by atoms with Gasteiger partial charge in [0.05, 0.1) is 11.5 Å². The lowest BCUT2D eigenvalue weighted by Gasteiger charge is -2.02. The van der Waals surface area contributed by atoms with Crippen LogP contribution in [-0.4, -0.2) is 0 Å². The molecular formula is C8H14O. The van der Waals surface area contributed by atoms with Gasteiger partial charge >= 0.3 is 0 Å². The molecule has 0 radical (unpaired) electrons. The number of ether oxygens (including phenoxy) is 1. The Balaban J connectivity index is 3.75. The van der Waals surface area contributed by atoms with Gasteiger partial charge < -0.3 is 4.74 Å². The van der Waals surface area contributed by atoms with E-state index in [2.05, 4.69) is 0 Å². The Morgan fingerprint density at radius 2 is 1.33 bits per heavy atom. The maximum absolute atomic E-state index is 5.27. The van der Waals surface area contributed by atoms with Crippen molar-refractivity contribution < 1.29 is 4.74 Å². The van der Waals surface area contributed by atoms with Crippen molar-refractivity contribution in [2.45, 2.75) is 27.7 Å². The number of hydrogen-bond donors (Lipinski definition) is 0. The Morgan fingerprint density at radius 3 is 1.56 bits per heavy atom. The van der Waals surface area contributed by atoms with Crippen molar-refractivity contribution in [3.05, 3.63) is 23.7 Å². The van der Waals surface area contributed by atoms with Crippen LogP contribution in [-0.2, 0) is 4.74 Å². The third-order valence-corrected chi connectivity index (χ3v) is 1.14. The van der Waals surface area contributed by atoms with Crippen molar-refractivity contribution in [2.24, 2.45) is 0 Å². The average molecular weight is 126 g/mol. The summed E-state index contributed by atoms with van der Waals surface area (Å²) >= 11 is 0. The van der Waals surface area contributed by atoms with Gasteiger partial charge in [-0.1, -0.05) is 0 Å². The van der Waals surface area contributed by atoms with Crippen molar-refractivity contribution >= 4 is 0 Å². The molecule has 0 heterocycles. The monoisotopic (exact) mass is 126 g/mol. The second-order valence-corrected chi connectivity index (χ2v) is 1.90. The Kier molecular flexibility index (Phi) is 3.85. The minimum Gasteiger partial charge on any atom is -0.467 e. The molecule has 0 fully saturated rings. The second-order valence-electron chi connectivity index (χ2n) is 1.90. The lowest BCUT2D eigenvalue weighted by atomic mass is 10.5. The topological polar surface area (TPSA) is 9.23 Å². The predicted molar refractivity (Wildman–Crippen MR) is 39.9 cm³/mol. The van der Waals surface area contributed by atoms with Crippen LogP contribution in [0.2, 0.25) is 0 Å². The highest BCUT2D eigenvalue weighted by atomic mass is 16.5. The van der Waals surface area contributed by atoms with Crippen molar-refractivity contribution in [2.75, 3.05) is 0 Å². The van der Waals surface area contributed by atoms with Crippen molar-refractivity contribution in [1.82, 2.24) is 0 Å². The van der Waals surface area contributed by atoms with Gasteiger partial charge in [-0.2, -0.15) is 0 Å². The van der Waals surface area contributed by atoms with Crippen LogP contribution in [0.3, 0.4) is 0 Å². The molecule has 0 rings (SSSR count). The summed E-state index contributed by atoms with van der Waals surface area (Å²) in [5.41, 5.74) is 0. The molecule has 0 atom stereocenters. The fraction of sp³-hybridized carbons (Fsp3) is 0.500. The van der Waals surface area contributed by atoms with E-state index >= 15 is 0 Å². The van der Waals surface area contributed by atoms with Gasteiger partial charge in [0.25, 0.3) is 0 Å². The fourth-order valence-corrected chi connectivity index (χ4v) is 0.372. The zero-order chi connectivity index (χ0) is 7.28. The largest absolute Gasteiger partial charge is 0.467 e. The summed E-state index contributed by atoms with van der Waals surface area (Å²) in [6.07, 6.45) is 3.88. The van der Waals surface area contributed by atoms with E-state index in [0.29, 0.717) is 0 Å². The number of hydrogen-bond acceptors (Lipinski definition) is 1. The molecule has 0 aliphatic carbocycles. The standard InChI is InChI=1S/C8H14O/c1-5-7(3)9-8(4)6-2/h5-6H,1-4H3/b7-5-,8-6-. The highest BCUT2D eigenvalue weighted by Gasteiger charge is 1.86. The van der Waals surface area contributed by atoms with Gasteiger partial charge in [-0.05, 0) is 39.8 Å². The molecule has 0 aromatic heterocycles. The van der Waals surface area contributed by atoms with Gasteiger partial charge in [-0.3, -0.25) is 0 Å². The molecule has 1 nitrogen and oxygen atoms in total. The van der Waals surface area contributed by atoms with E-state index in [4.69, 9.17) is 4.74 Å². The molecule has 0 spiro atoms. The lowest BCUT2D eigenvalue weighted by molar-refractivity contribution is 0.307. The maximum Gasteiger partial charge on any atom is 0.0962 e. The van der Waals surface area contributed by atoms with E-state index in [-0.39, 0.29) is 0 Å². The van der Waals surface area contributed by atoms with E-state index in [1.54, 1.807) is 0 Å². The molecule has 0 aromatic carbocycles.